The van der Waals surface area contributed by atoms with Gasteiger partial charge in [0.05, 0.1) is 0 Å². The average Bonchev–Trinajstić information content (AvgIpc) is 2.32. The molecule has 0 aliphatic heterocycles. The minimum Gasteiger partial charge on any atom is -0.374 e. The van der Waals surface area contributed by atoms with E-state index in [0.717, 1.165) is 0 Å². The van der Waals surface area contributed by atoms with E-state index in [-0.39, 0.29) is 5.13 Å². The van der Waals surface area contributed by atoms with Crippen LogP contribution in [0.3, 0.4) is 0 Å². The summed E-state index contributed by atoms with van der Waals surface area (Å²) in [4.78, 5) is 10.1. The number of nitrogens with two attached hydrogens (primary N) is 2. The molecule has 72 valence electrons. The van der Waals surface area contributed by atoms with E-state index < -0.39 is 20.6 Å². The number of rotatable bonds is 2. The number of hydrogen-bond acceptors (Lipinski definition) is 8. The van der Waals surface area contributed by atoms with Gasteiger partial charge in [0.25, 0.3) is 4.34 Å². The lowest BCUT2D eigenvalue weighted by Crippen LogP contribution is -2.18. The van der Waals surface area contributed by atoms with Crippen molar-refractivity contribution in [3.05, 3.63) is 0 Å². The number of nitrogens with zero attached hydrogens (tertiary/aromatic N) is 2. The highest BCUT2D eigenvalue weighted by molar-refractivity contribution is 7.89. The van der Waals surface area contributed by atoms with Gasteiger partial charge in [-0.25, -0.2) is 4.79 Å². The summed E-state index contributed by atoms with van der Waals surface area (Å²) in [7, 11) is -4.25. The number of anilines is 1. The van der Waals surface area contributed by atoms with Gasteiger partial charge in [-0.1, -0.05) is 11.3 Å². The number of carbonyl (C=O) groups excluding carboxylic acids is 1. The first kappa shape index (κ1) is 9.67. The second-order valence-electron chi connectivity index (χ2n) is 1.76. The van der Waals surface area contributed by atoms with Crippen LogP contribution in [-0.2, 0) is 14.3 Å². The zero-order valence-corrected chi connectivity index (χ0v) is 7.63. The zero-order chi connectivity index (χ0) is 10.1. The molecule has 4 N–H and O–H groups in total. The molecule has 0 fully saturated rings. The standard InChI is InChI=1S/C3H4N4O4S2/c4-1-6-7-3(12-1)13(9,10)11-2(5)8/h(H2,4,6)(H2,5,8). The first-order valence-corrected chi connectivity index (χ1v) is 4.97. The van der Waals surface area contributed by atoms with Crippen molar-refractivity contribution < 1.29 is 17.4 Å². The van der Waals surface area contributed by atoms with Crippen LogP contribution in [0.25, 0.3) is 0 Å². The molecule has 13 heavy (non-hydrogen) atoms. The van der Waals surface area contributed by atoms with Gasteiger partial charge in [0, 0.05) is 0 Å². The Bertz CT molecular complexity index is 422. The Balaban J connectivity index is 3.01. The number of aromatic nitrogens is 2. The van der Waals surface area contributed by atoms with E-state index in [9.17, 15) is 13.2 Å². The molecule has 0 saturated heterocycles. The molecule has 0 saturated carbocycles. The number of carbonyl (C=O) groups is 1. The molecular formula is C3H4N4O4S2. The van der Waals surface area contributed by atoms with Gasteiger partial charge in [0.1, 0.15) is 0 Å². The summed E-state index contributed by atoms with van der Waals surface area (Å²) in [6.07, 6.45) is -1.44. The Morgan fingerprint density at radius 2 is 2.08 bits per heavy atom. The van der Waals surface area contributed by atoms with E-state index in [1.807, 2.05) is 0 Å². The zero-order valence-electron chi connectivity index (χ0n) is 6.00. The maximum Gasteiger partial charge on any atom is 0.420 e. The second-order valence-corrected chi connectivity index (χ2v) is 4.49. The third-order valence-electron chi connectivity index (χ3n) is 0.828. The summed E-state index contributed by atoms with van der Waals surface area (Å²) in [5, 5.41) is 6.34. The quantitative estimate of drug-likeness (QED) is 0.608. The van der Waals surface area contributed by atoms with E-state index in [0.29, 0.717) is 11.3 Å². The summed E-state index contributed by atoms with van der Waals surface area (Å²) in [6, 6.07) is 0. The van der Waals surface area contributed by atoms with Gasteiger partial charge in [0.15, 0.2) is 0 Å². The lowest BCUT2D eigenvalue weighted by molar-refractivity contribution is 0.212. The lowest BCUT2D eigenvalue weighted by atomic mass is 11.3. The Kier molecular flexibility index (Phi) is 2.34. The molecule has 0 radical (unpaired) electrons. The molecule has 0 aliphatic carbocycles. The fourth-order valence-corrected chi connectivity index (χ4v) is 2.00. The van der Waals surface area contributed by atoms with Crippen molar-refractivity contribution >= 4 is 32.7 Å². The number of primary amides is 1. The molecule has 1 aromatic heterocycles. The summed E-state index contributed by atoms with van der Waals surface area (Å²) >= 11 is 0.571. The molecule has 0 bridgehead atoms. The van der Waals surface area contributed by atoms with E-state index in [2.05, 4.69) is 20.1 Å². The molecule has 1 rings (SSSR count). The largest absolute Gasteiger partial charge is 0.420 e. The van der Waals surface area contributed by atoms with Crippen molar-refractivity contribution in [2.45, 2.75) is 4.34 Å². The predicted molar refractivity (Wildman–Crippen MR) is 42.2 cm³/mol. The van der Waals surface area contributed by atoms with Crippen molar-refractivity contribution in [1.29, 1.82) is 0 Å². The van der Waals surface area contributed by atoms with Gasteiger partial charge in [-0.2, -0.15) is 8.42 Å². The average molecular weight is 224 g/mol. The Morgan fingerprint density at radius 3 is 2.46 bits per heavy atom. The minimum absolute atomic E-state index is 0.0494. The van der Waals surface area contributed by atoms with Crippen LogP contribution in [0.2, 0.25) is 0 Å². The lowest BCUT2D eigenvalue weighted by Gasteiger charge is -1.95. The van der Waals surface area contributed by atoms with Crippen LogP contribution in [-0.4, -0.2) is 24.7 Å². The summed E-state index contributed by atoms with van der Waals surface area (Å²) in [5.41, 5.74) is 9.62. The molecule has 1 heterocycles. The number of amides is 1. The highest BCUT2D eigenvalue weighted by atomic mass is 32.3. The molecule has 1 amide bonds. The summed E-state index contributed by atoms with van der Waals surface area (Å²) in [6.45, 7) is 0. The van der Waals surface area contributed by atoms with E-state index in [1.165, 1.54) is 0 Å². The van der Waals surface area contributed by atoms with Crippen LogP contribution in [0.15, 0.2) is 4.34 Å². The normalized spacial score (nSPS) is 11.1. The van der Waals surface area contributed by atoms with Crippen LogP contribution in [0.5, 0.6) is 0 Å². The smallest absolute Gasteiger partial charge is 0.374 e. The highest BCUT2D eigenvalue weighted by Crippen LogP contribution is 2.18. The van der Waals surface area contributed by atoms with Crippen molar-refractivity contribution in [2.24, 2.45) is 5.73 Å². The fraction of sp³-hybridized carbons (Fsp3) is 0. The molecule has 10 heteroatoms. The van der Waals surface area contributed by atoms with Crippen molar-refractivity contribution in [2.75, 3.05) is 5.73 Å². The monoisotopic (exact) mass is 224 g/mol. The Morgan fingerprint density at radius 1 is 1.46 bits per heavy atom. The van der Waals surface area contributed by atoms with Crippen LogP contribution < -0.4 is 11.5 Å². The van der Waals surface area contributed by atoms with E-state index >= 15 is 0 Å². The van der Waals surface area contributed by atoms with E-state index in [1.54, 1.807) is 0 Å². The van der Waals surface area contributed by atoms with Gasteiger partial charge in [-0.05, 0) is 0 Å². The van der Waals surface area contributed by atoms with E-state index in [4.69, 9.17) is 5.73 Å². The summed E-state index contributed by atoms with van der Waals surface area (Å²) in [5.74, 6) is 0. The molecule has 0 unspecified atom stereocenters. The maximum absolute atomic E-state index is 11.0. The van der Waals surface area contributed by atoms with Gasteiger partial charge in [0.2, 0.25) is 5.13 Å². The second kappa shape index (κ2) is 3.14. The van der Waals surface area contributed by atoms with Crippen molar-refractivity contribution in [3.63, 3.8) is 0 Å². The van der Waals surface area contributed by atoms with Crippen molar-refractivity contribution in [1.82, 2.24) is 10.2 Å². The van der Waals surface area contributed by atoms with Gasteiger partial charge in [-0.15, -0.1) is 10.2 Å². The van der Waals surface area contributed by atoms with Gasteiger partial charge >= 0.3 is 16.2 Å². The third kappa shape index (κ3) is 2.26. The molecule has 8 nitrogen and oxygen atoms in total. The van der Waals surface area contributed by atoms with Crippen LogP contribution >= 0.6 is 11.3 Å². The van der Waals surface area contributed by atoms with Gasteiger partial charge < -0.3 is 15.7 Å². The molecular weight excluding hydrogens is 220 g/mol. The topological polar surface area (TPSA) is 138 Å². The maximum atomic E-state index is 11.0. The first-order chi connectivity index (χ1) is 5.92. The number of nitrogen functional groups attached to an aromatic ring is 1. The molecule has 0 aromatic carbocycles. The molecule has 0 atom stereocenters. The first-order valence-electron chi connectivity index (χ1n) is 2.75. The fourth-order valence-electron chi connectivity index (χ4n) is 0.465. The Hall–Kier alpha value is -1.42. The third-order valence-corrected chi connectivity index (χ3v) is 3.13. The number of hydrogen-bond donors (Lipinski definition) is 2. The van der Waals surface area contributed by atoms with Crippen molar-refractivity contribution in [3.8, 4) is 0 Å². The summed E-state index contributed by atoms with van der Waals surface area (Å²) < 4.78 is 25.3. The SMILES string of the molecule is NC(=O)OS(=O)(=O)c1nnc(N)s1. The van der Waals surface area contributed by atoms with Crippen LogP contribution in [0.4, 0.5) is 9.93 Å². The molecule has 0 aliphatic rings. The Labute approximate surface area is 76.6 Å². The minimum atomic E-state index is -4.25. The van der Waals surface area contributed by atoms with Crippen LogP contribution in [0.1, 0.15) is 0 Å². The molecule has 0 spiro atoms. The van der Waals surface area contributed by atoms with Crippen LogP contribution in [0, 0.1) is 0 Å². The highest BCUT2D eigenvalue weighted by Gasteiger charge is 2.23. The predicted octanol–water partition coefficient (Wildman–Crippen LogP) is -1.10. The van der Waals surface area contributed by atoms with Gasteiger partial charge in [-0.3, -0.25) is 0 Å². The molecule has 1 aromatic rings.